The minimum absolute atomic E-state index is 0.169. The van der Waals surface area contributed by atoms with Crippen molar-refractivity contribution in [2.24, 2.45) is 0 Å². The molecular weight excluding hydrogens is 390 g/mol. The summed E-state index contributed by atoms with van der Waals surface area (Å²) in [7, 11) is 1.55. The normalized spacial score (nSPS) is 10.5. The Morgan fingerprint density at radius 2 is 1.68 bits per heavy atom. The van der Waals surface area contributed by atoms with Crippen LogP contribution in [-0.2, 0) is 0 Å². The fourth-order valence-corrected chi connectivity index (χ4v) is 3.29. The zero-order chi connectivity index (χ0) is 21.8. The molecule has 1 heterocycles. The smallest absolute Gasteiger partial charge is 0.269 e. The van der Waals surface area contributed by atoms with Gasteiger partial charge in [0, 0.05) is 30.6 Å². The number of rotatable bonds is 5. The highest BCUT2D eigenvalue weighted by Gasteiger charge is 2.12. The van der Waals surface area contributed by atoms with Crippen LogP contribution in [0.5, 0.6) is 11.5 Å². The molecule has 0 aliphatic heterocycles. The Labute approximate surface area is 179 Å². The lowest BCUT2D eigenvalue weighted by Crippen LogP contribution is -2.18. The number of nitrogens with one attached hydrogen (secondary N) is 2. The number of fused-ring (bicyclic) bond motifs is 1. The van der Waals surface area contributed by atoms with Gasteiger partial charge in [-0.1, -0.05) is 30.3 Å². The van der Waals surface area contributed by atoms with Gasteiger partial charge in [0.15, 0.2) is 0 Å². The summed E-state index contributed by atoms with van der Waals surface area (Å²) < 4.78 is 5.91. The molecule has 0 bridgehead atoms. The van der Waals surface area contributed by atoms with Gasteiger partial charge in [0.05, 0.1) is 0 Å². The van der Waals surface area contributed by atoms with Gasteiger partial charge in [0.25, 0.3) is 11.8 Å². The summed E-state index contributed by atoms with van der Waals surface area (Å²) in [5.41, 5.74) is 2.64. The monoisotopic (exact) mass is 411 g/mol. The molecule has 0 aliphatic rings. The summed E-state index contributed by atoms with van der Waals surface area (Å²) in [6.45, 7) is 1.96. The van der Waals surface area contributed by atoms with Crippen molar-refractivity contribution in [3.05, 3.63) is 95.8 Å². The molecule has 0 saturated heterocycles. The molecule has 1 aromatic heterocycles. The van der Waals surface area contributed by atoms with Gasteiger partial charge in [-0.25, -0.2) is 0 Å². The van der Waals surface area contributed by atoms with Crippen molar-refractivity contribution in [2.45, 2.75) is 6.92 Å². The van der Waals surface area contributed by atoms with Gasteiger partial charge in [-0.05, 0) is 59.7 Å². The van der Waals surface area contributed by atoms with E-state index >= 15 is 0 Å². The molecule has 0 atom stereocenters. The molecule has 0 fully saturated rings. The summed E-state index contributed by atoms with van der Waals surface area (Å²) in [6, 6.07) is 22.0. The Balaban J connectivity index is 1.60. The maximum atomic E-state index is 12.9. The molecule has 0 radical (unpaired) electrons. The lowest BCUT2D eigenvalue weighted by atomic mass is 10.0. The maximum absolute atomic E-state index is 12.9. The first-order valence-corrected chi connectivity index (χ1v) is 9.81. The molecule has 6 nitrogen and oxygen atoms in total. The van der Waals surface area contributed by atoms with Crippen LogP contribution in [0.15, 0.2) is 79.0 Å². The Hall–Kier alpha value is -4.19. The third-order valence-electron chi connectivity index (χ3n) is 4.92. The van der Waals surface area contributed by atoms with E-state index < -0.39 is 0 Å². The van der Waals surface area contributed by atoms with E-state index in [-0.39, 0.29) is 17.5 Å². The fourth-order valence-electron chi connectivity index (χ4n) is 3.29. The second kappa shape index (κ2) is 8.67. The summed E-state index contributed by atoms with van der Waals surface area (Å²) in [5, 5.41) is 7.21. The number of aryl methyl sites for hydroxylation is 1. The van der Waals surface area contributed by atoms with Gasteiger partial charge >= 0.3 is 0 Å². The topological polar surface area (TPSA) is 80.3 Å². The molecule has 4 aromatic rings. The second-order valence-corrected chi connectivity index (χ2v) is 7.02. The molecule has 4 rings (SSSR count). The average molecular weight is 411 g/mol. The first kappa shape index (κ1) is 20.1. The lowest BCUT2D eigenvalue weighted by molar-refractivity contribution is 0.0957. The SMILES string of the molecule is CNC(=O)c1cc(Oc2ccc3c(C(=O)Nc4ccccc4C)cccc3c2)ccn1. The van der Waals surface area contributed by atoms with Crippen molar-refractivity contribution >= 4 is 28.3 Å². The highest BCUT2D eigenvalue weighted by Crippen LogP contribution is 2.28. The average Bonchev–Trinajstić information content (AvgIpc) is 2.79. The van der Waals surface area contributed by atoms with Crippen LogP contribution in [-0.4, -0.2) is 23.8 Å². The molecular formula is C25H21N3O3. The van der Waals surface area contributed by atoms with Crippen LogP contribution in [0, 0.1) is 6.92 Å². The highest BCUT2D eigenvalue weighted by molar-refractivity contribution is 6.13. The minimum Gasteiger partial charge on any atom is -0.457 e. The van der Waals surface area contributed by atoms with Crippen molar-refractivity contribution in [3.8, 4) is 11.5 Å². The Morgan fingerprint density at radius 1 is 0.871 bits per heavy atom. The van der Waals surface area contributed by atoms with Crippen LogP contribution in [0.25, 0.3) is 10.8 Å². The van der Waals surface area contributed by atoms with E-state index in [1.165, 1.54) is 6.20 Å². The van der Waals surface area contributed by atoms with Gasteiger partial charge in [-0.15, -0.1) is 0 Å². The van der Waals surface area contributed by atoms with Crippen LogP contribution >= 0.6 is 0 Å². The second-order valence-electron chi connectivity index (χ2n) is 7.02. The van der Waals surface area contributed by atoms with Gasteiger partial charge in [0.1, 0.15) is 17.2 Å². The highest BCUT2D eigenvalue weighted by atomic mass is 16.5. The van der Waals surface area contributed by atoms with E-state index in [9.17, 15) is 9.59 Å². The van der Waals surface area contributed by atoms with Crippen LogP contribution < -0.4 is 15.4 Å². The van der Waals surface area contributed by atoms with Crippen LogP contribution in [0.1, 0.15) is 26.4 Å². The number of anilines is 1. The predicted octanol–water partition coefficient (Wildman–Crippen LogP) is 4.95. The van der Waals surface area contributed by atoms with E-state index in [1.807, 2.05) is 55.5 Å². The van der Waals surface area contributed by atoms with Gasteiger partial charge in [-0.2, -0.15) is 0 Å². The van der Waals surface area contributed by atoms with E-state index in [1.54, 1.807) is 31.3 Å². The molecule has 2 N–H and O–H groups in total. The van der Waals surface area contributed by atoms with Gasteiger partial charge in [0.2, 0.25) is 0 Å². The first-order valence-electron chi connectivity index (χ1n) is 9.81. The first-order chi connectivity index (χ1) is 15.0. The zero-order valence-electron chi connectivity index (χ0n) is 17.2. The van der Waals surface area contributed by atoms with Crippen molar-refractivity contribution in [2.75, 3.05) is 12.4 Å². The van der Waals surface area contributed by atoms with E-state index in [4.69, 9.17) is 4.74 Å². The fraction of sp³-hybridized carbons (Fsp3) is 0.0800. The summed E-state index contributed by atoms with van der Waals surface area (Å²) in [4.78, 5) is 28.7. The Bertz CT molecular complexity index is 1280. The maximum Gasteiger partial charge on any atom is 0.269 e. The Morgan fingerprint density at radius 3 is 2.48 bits per heavy atom. The molecule has 0 spiro atoms. The van der Waals surface area contributed by atoms with Gasteiger partial charge in [-0.3, -0.25) is 14.6 Å². The predicted molar refractivity (Wildman–Crippen MR) is 121 cm³/mol. The number of benzene rings is 3. The van der Waals surface area contributed by atoms with Crippen molar-refractivity contribution in [1.82, 2.24) is 10.3 Å². The van der Waals surface area contributed by atoms with Crippen molar-refractivity contribution in [3.63, 3.8) is 0 Å². The number of carbonyl (C=O) groups is 2. The number of pyridine rings is 1. The molecule has 154 valence electrons. The number of ether oxygens (including phenoxy) is 1. The number of para-hydroxylation sites is 1. The molecule has 0 saturated carbocycles. The number of nitrogens with zero attached hydrogens (tertiary/aromatic N) is 1. The van der Waals surface area contributed by atoms with E-state index in [0.29, 0.717) is 17.1 Å². The number of carbonyl (C=O) groups excluding carboxylic acids is 2. The molecule has 2 amide bonds. The number of hydrogen-bond donors (Lipinski definition) is 2. The minimum atomic E-state index is -0.284. The van der Waals surface area contributed by atoms with Crippen molar-refractivity contribution < 1.29 is 14.3 Å². The summed E-state index contributed by atoms with van der Waals surface area (Å²) in [5.74, 6) is 0.644. The molecule has 3 aromatic carbocycles. The molecule has 0 unspecified atom stereocenters. The van der Waals surface area contributed by atoms with E-state index in [2.05, 4.69) is 15.6 Å². The number of aromatic nitrogens is 1. The molecule has 0 aliphatic carbocycles. The van der Waals surface area contributed by atoms with Crippen LogP contribution in [0.4, 0.5) is 5.69 Å². The largest absolute Gasteiger partial charge is 0.457 e. The van der Waals surface area contributed by atoms with Gasteiger partial charge < -0.3 is 15.4 Å². The van der Waals surface area contributed by atoms with Crippen molar-refractivity contribution in [1.29, 1.82) is 0 Å². The molecule has 6 heteroatoms. The van der Waals surface area contributed by atoms with Crippen LogP contribution in [0.2, 0.25) is 0 Å². The Kier molecular flexibility index (Phi) is 5.62. The summed E-state index contributed by atoms with van der Waals surface area (Å²) >= 11 is 0. The van der Waals surface area contributed by atoms with E-state index in [0.717, 1.165) is 22.0 Å². The number of hydrogen-bond acceptors (Lipinski definition) is 4. The molecule has 31 heavy (non-hydrogen) atoms. The zero-order valence-corrected chi connectivity index (χ0v) is 17.2. The number of amides is 2. The third kappa shape index (κ3) is 4.38. The lowest BCUT2D eigenvalue weighted by Gasteiger charge is -2.12. The van der Waals surface area contributed by atoms with Crippen LogP contribution in [0.3, 0.4) is 0 Å². The summed E-state index contributed by atoms with van der Waals surface area (Å²) in [6.07, 6.45) is 1.52. The third-order valence-corrected chi connectivity index (χ3v) is 4.92. The standard InChI is InChI=1S/C25H21N3O3/c1-16-6-3-4-9-22(16)28-24(29)21-8-5-7-17-14-18(10-11-20(17)21)31-19-12-13-27-23(15-19)25(30)26-2/h3-15H,1-2H3,(H,26,30)(H,28,29). The quantitative estimate of drug-likeness (QED) is 0.487.